The van der Waals surface area contributed by atoms with Gasteiger partial charge >= 0.3 is 0 Å². The number of carbonyl (C=O) groups excluding carboxylic acids is 1. The molecule has 21 heavy (non-hydrogen) atoms. The lowest BCUT2D eigenvalue weighted by Crippen LogP contribution is -2.34. The molecule has 0 atom stereocenters. The zero-order valence-corrected chi connectivity index (χ0v) is 12.9. The summed E-state index contributed by atoms with van der Waals surface area (Å²) in [6.07, 6.45) is 3.73. The van der Waals surface area contributed by atoms with E-state index in [2.05, 4.69) is 11.8 Å². The predicted octanol–water partition coefficient (Wildman–Crippen LogP) is 3.05. The molecule has 1 saturated heterocycles. The summed E-state index contributed by atoms with van der Waals surface area (Å²) in [5.41, 5.74) is 1.13. The molecule has 0 unspecified atom stereocenters. The summed E-state index contributed by atoms with van der Waals surface area (Å²) in [4.78, 5) is 16.4. The number of halogens is 1. The molecule has 4 heteroatoms. The summed E-state index contributed by atoms with van der Waals surface area (Å²) < 4.78 is 12.9. The van der Waals surface area contributed by atoms with Crippen LogP contribution in [0.5, 0.6) is 0 Å². The van der Waals surface area contributed by atoms with Crippen LogP contribution in [0.4, 0.5) is 4.39 Å². The molecule has 1 heterocycles. The zero-order chi connectivity index (χ0) is 15.1. The van der Waals surface area contributed by atoms with Gasteiger partial charge in [-0.3, -0.25) is 9.69 Å². The van der Waals surface area contributed by atoms with Gasteiger partial charge in [0.1, 0.15) is 5.82 Å². The monoisotopic (exact) mass is 292 g/mol. The Morgan fingerprint density at radius 2 is 1.90 bits per heavy atom. The highest BCUT2D eigenvalue weighted by molar-refractivity contribution is 5.76. The Kier molecular flexibility index (Phi) is 6.18. The average molecular weight is 292 g/mol. The number of amides is 1. The molecule has 3 nitrogen and oxygen atoms in total. The van der Waals surface area contributed by atoms with Gasteiger partial charge < -0.3 is 4.90 Å². The Morgan fingerprint density at radius 3 is 2.62 bits per heavy atom. The van der Waals surface area contributed by atoms with Gasteiger partial charge in [-0.25, -0.2) is 4.39 Å². The second kappa shape index (κ2) is 8.13. The standard InChI is InChI=1S/C17H25FN2O/c1-2-3-5-17(21)20-11-4-10-19(12-13-20)14-15-6-8-16(18)9-7-15/h6-9H,2-5,10-14H2,1H3. The average Bonchev–Trinajstić information content (AvgIpc) is 2.73. The van der Waals surface area contributed by atoms with Crippen LogP contribution in [0.25, 0.3) is 0 Å². The van der Waals surface area contributed by atoms with Crippen molar-refractivity contribution in [3.63, 3.8) is 0 Å². The Hall–Kier alpha value is -1.42. The molecule has 0 aliphatic carbocycles. The van der Waals surface area contributed by atoms with Crippen molar-refractivity contribution >= 4 is 5.91 Å². The Labute approximate surface area is 126 Å². The fourth-order valence-corrected chi connectivity index (χ4v) is 2.71. The van der Waals surface area contributed by atoms with Crippen LogP contribution in [0.3, 0.4) is 0 Å². The van der Waals surface area contributed by atoms with Crippen LogP contribution in [-0.2, 0) is 11.3 Å². The molecule has 0 spiro atoms. The number of rotatable bonds is 5. The highest BCUT2D eigenvalue weighted by Gasteiger charge is 2.18. The fraction of sp³-hybridized carbons (Fsp3) is 0.588. The van der Waals surface area contributed by atoms with Crippen molar-refractivity contribution in [1.29, 1.82) is 0 Å². The topological polar surface area (TPSA) is 23.6 Å². The first-order valence-corrected chi connectivity index (χ1v) is 7.93. The maximum atomic E-state index is 12.9. The van der Waals surface area contributed by atoms with Crippen LogP contribution < -0.4 is 0 Å². The van der Waals surface area contributed by atoms with E-state index < -0.39 is 0 Å². The molecule has 1 fully saturated rings. The van der Waals surface area contributed by atoms with E-state index in [-0.39, 0.29) is 5.82 Å². The molecule has 1 aliphatic heterocycles. The molecule has 1 aromatic rings. The molecule has 116 valence electrons. The van der Waals surface area contributed by atoms with E-state index in [4.69, 9.17) is 0 Å². The highest BCUT2D eigenvalue weighted by atomic mass is 19.1. The maximum absolute atomic E-state index is 12.9. The minimum absolute atomic E-state index is 0.192. The molecule has 2 rings (SSSR count). The van der Waals surface area contributed by atoms with Crippen molar-refractivity contribution in [2.45, 2.75) is 39.2 Å². The van der Waals surface area contributed by atoms with E-state index in [1.165, 1.54) is 12.1 Å². The lowest BCUT2D eigenvalue weighted by atomic mass is 10.2. The highest BCUT2D eigenvalue weighted by Crippen LogP contribution is 2.11. The van der Waals surface area contributed by atoms with Gasteiger partial charge in [-0.2, -0.15) is 0 Å². The third kappa shape index (κ3) is 5.12. The predicted molar refractivity (Wildman–Crippen MR) is 82.4 cm³/mol. The number of hydrogen-bond acceptors (Lipinski definition) is 2. The molecule has 0 radical (unpaired) electrons. The quantitative estimate of drug-likeness (QED) is 0.833. The van der Waals surface area contributed by atoms with Crippen LogP contribution in [0, 0.1) is 5.82 Å². The van der Waals surface area contributed by atoms with Gasteiger partial charge in [-0.15, -0.1) is 0 Å². The van der Waals surface area contributed by atoms with E-state index in [0.717, 1.165) is 57.5 Å². The van der Waals surface area contributed by atoms with Crippen molar-refractivity contribution in [2.75, 3.05) is 26.2 Å². The number of nitrogens with zero attached hydrogens (tertiary/aromatic N) is 2. The molecule has 0 aromatic heterocycles. The summed E-state index contributed by atoms with van der Waals surface area (Å²) >= 11 is 0. The van der Waals surface area contributed by atoms with E-state index in [1.54, 1.807) is 0 Å². The summed E-state index contributed by atoms with van der Waals surface area (Å²) in [7, 11) is 0. The number of carbonyl (C=O) groups is 1. The first-order valence-electron chi connectivity index (χ1n) is 7.93. The minimum Gasteiger partial charge on any atom is -0.341 e. The molecular weight excluding hydrogens is 267 g/mol. The Morgan fingerprint density at radius 1 is 1.14 bits per heavy atom. The summed E-state index contributed by atoms with van der Waals surface area (Å²) in [6.45, 7) is 6.51. The minimum atomic E-state index is -0.192. The smallest absolute Gasteiger partial charge is 0.222 e. The summed E-state index contributed by atoms with van der Waals surface area (Å²) in [5.74, 6) is 0.0998. The van der Waals surface area contributed by atoms with Crippen LogP contribution in [-0.4, -0.2) is 41.9 Å². The number of unbranched alkanes of at least 4 members (excludes halogenated alkanes) is 1. The first-order chi connectivity index (χ1) is 10.2. The van der Waals surface area contributed by atoms with Crippen LogP contribution in [0.2, 0.25) is 0 Å². The van der Waals surface area contributed by atoms with E-state index in [9.17, 15) is 9.18 Å². The number of benzene rings is 1. The third-order valence-electron chi connectivity index (χ3n) is 4.00. The van der Waals surface area contributed by atoms with Gasteiger partial charge in [0.25, 0.3) is 0 Å². The Bertz CT molecular complexity index is 447. The number of hydrogen-bond donors (Lipinski definition) is 0. The van der Waals surface area contributed by atoms with Gasteiger partial charge in [0.2, 0.25) is 5.91 Å². The normalized spacial score (nSPS) is 16.8. The van der Waals surface area contributed by atoms with Gasteiger partial charge in [0.05, 0.1) is 0 Å². The second-order valence-corrected chi connectivity index (χ2v) is 5.74. The molecule has 1 amide bonds. The molecule has 1 aromatic carbocycles. The fourth-order valence-electron chi connectivity index (χ4n) is 2.71. The van der Waals surface area contributed by atoms with Crippen molar-refractivity contribution in [2.24, 2.45) is 0 Å². The zero-order valence-electron chi connectivity index (χ0n) is 12.9. The molecule has 0 bridgehead atoms. The van der Waals surface area contributed by atoms with Gasteiger partial charge in [-0.05, 0) is 30.5 Å². The maximum Gasteiger partial charge on any atom is 0.222 e. The first kappa shape index (κ1) is 16.0. The summed E-state index contributed by atoms with van der Waals surface area (Å²) in [6, 6.07) is 6.69. The second-order valence-electron chi connectivity index (χ2n) is 5.74. The van der Waals surface area contributed by atoms with Crippen LogP contribution in [0.15, 0.2) is 24.3 Å². The lowest BCUT2D eigenvalue weighted by Gasteiger charge is -2.22. The molecule has 0 saturated carbocycles. The van der Waals surface area contributed by atoms with E-state index in [1.807, 2.05) is 17.0 Å². The van der Waals surface area contributed by atoms with Gasteiger partial charge in [-0.1, -0.05) is 25.5 Å². The largest absolute Gasteiger partial charge is 0.341 e. The van der Waals surface area contributed by atoms with Crippen LogP contribution >= 0.6 is 0 Å². The van der Waals surface area contributed by atoms with Crippen molar-refractivity contribution < 1.29 is 9.18 Å². The summed E-state index contributed by atoms with van der Waals surface area (Å²) in [5, 5.41) is 0. The van der Waals surface area contributed by atoms with Crippen LogP contribution in [0.1, 0.15) is 38.2 Å². The molecular formula is C17H25FN2O. The Balaban J connectivity index is 1.83. The molecule has 0 N–H and O–H groups in total. The van der Waals surface area contributed by atoms with Gasteiger partial charge in [0, 0.05) is 39.1 Å². The van der Waals surface area contributed by atoms with Crippen molar-refractivity contribution in [1.82, 2.24) is 9.80 Å². The van der Waals surface area contributed by atoms with Crippen molar-refractivity contribution in [3.05, 3.63) is 35.6 Å². The van der Waals surface area contributed by atoms with E-state index >= 15 is 0 Å². The SMILES string of the molecule is CCCCC(=O)N1CCCN(Cc2ccc(F)cc2)CC1. The van der Waals surface area contributed by atoms with E-state index in [0.29, 0.717) is 12.3 Å². The molecule has 1 aliphatic rings. The lowest BCUT2D eigenvalue weighted by molar-refractivity contribution is -0.131. The van der Waals surface area contributed by atoms with Gasteiger partial charge in [0.15, 0.2) is 0 Å². The van der Waals surface area contributed by atoms with Crippen molar-refractivity contribution in [3.8, 4) is 0 Å². The third-order valence-corrected chi connectivity index (χ3v) is 4.00.